The number of aliphatic hydroxyl groups excluding tert-OH is 1. The molecule has 4 aliphatic carbocycles. The van der Waals surface area contributed by atoms with Crippen LogP contribution in [0.4, 0.5) is 4.79 Å². The number of ether oxygens (including phenoxy) is 1. The standard InChI is InChI=1S/C20H28O4/c1-19-7-3-4-14(19)17-15(6-8-19)20(2)9-5-13(24-18(22)23)10-12(20)11-16(17)21/h10-11,14-17,21H,3-9H2,1-2H3,(H,22,23)/t14-,15-,16?,17-,19-,20-/m0/s1. The molecule has 0 aromatic heterocycles. The van der Waals surface area contributed by atoms with E-state index in [9.17, 15) is 9.90 Å². The number of rotatable bonds is 1. The topological polar surface area (TPSA) is 66.8 Å². The van der Waals surface area contributed by atoms with E-state index in [4.69, 9.17) is 9.84 Å². The number of fused-ring (bicyclic) bond motifs is 5. The number of hydrogen-bond donors (Lipinski definition) is 2. The van der Waals surface area contributed by atoms with Crippen LogP contribution < -0.4 is 0 Å². The molecule has 0 spiro atoms. The third-order valence-electron chi connectivity index (χ3n) is 7.76. The van der Waals surface area contributed by atoms with E-state index in [0.717, 1.165) is 12.0 Å². The maximum atomic E-state index is 10.9. The summed E-state index contributed by atoms with van der Waals surface area (Å²) in [4.78, 5) is 10.8. The molecule has 1 unspecified atom stereocenters. The number of aliphatic hydroxyl groups is 1. The van der Waals surface area contributed by atoms with Gasteiger partial charge in [-0.25, -0.2) is 4.79 Å². The lowest BCUT2D eigenvalue weighted by molar-refractivity contribution is -0.0723. The van der Waals surface area contributed by atoms with Gasteiger partial charge in [0.05, 0.1) is 6.10 Å². The fraction of sp³-hybridized carbons (Fsp3) is 0.750. The van der Waals surface area contributed by atoms with Gasteiger partial charge in [0, 0.05) is 6.42 Å². The highest BCUT2D eigenvalue weighted by Gasteiger charge is 2.57. The van der Waals surface area contributed by atoms with Crippen molar-refractivity contribution in [2.24, 2.45) is 28.6 Å². The van der Waals surface area contributed by atoms with Crippen LogP contribution in [0, 0.1) is 28.6 Å². The van der Waals surface area contributed by atoms with Gasteiger partial charge in [-0.15, -0.1) is 0 Å². The molecule has 0 aromatic rings. The summed E-state index contributed by atoms with van der Waals surface area (Å²) in [7, 11) is 0. The summed E-state index contributed by atoms with van der Waals surface area (Å²) in [6, 6.07) is 0. The van der Waals surface area contributed by atoms with Crippen LogP contribution in [0.25, 0.3) is 0 Å². The Hall–Kier alpha value is -1.29. The van der Waals surface area contributed by atoms with Crippen LogP contribution in [0.15, 0.2) is 23.5 Å². The lowest BCUT2D eigenvalue weighted by Crippen LogP contribution is -2.52. The molecular weight excluding hydrogens is 304 g/mol. The van der Waals surface area contributed by atoms with Crippen molar-refractivity contribution in [3.8, 4) is 0 Å². The summed E-state index contributed by atoms with van der Waals surface area (Å²) in [6.07, 6.45) is 10.1. The van der Waals surface area contributed by atoms with Gasteiger partial charge in [0.2, 0.25) is 0 Å². The van der Waals surface area contributed by atoms with E-state index in [0.29, 0.717) is 35.3 Å². The lowest BCUT2D eigenvalue weighted by atomic mass is 9.48. The molecule has 132 valence electrons. The SMILES string of the molecule is C[C@@]12CCC[C@H]1[C@@H]1C(O)C=C3C=C(OC(=O)O)CC[C@]3(C)[C@H]1CC2. The molecule has 0 amide bonds. The van der Waals surface area contributed by atoms with Gasteiger partial charge in [0.1, 0.15) is 5.76 Å². The number of allylic oxidation sites excluding steroid dienone is 3. The Morgan fingerprint density at radius 3 is 2.75 bits per heavy atom. The molecule has 4 aliphatic rings. The van der Waals surface area contributed by atoms with Crippen molar-refractivity contribution in [2.45, 2.75) is 64.9 Å². The van der Waals surface area contributed by atoms with Crippen molar-refractivity contribution >= 4 is 6.16 Å². The Kier molecular flexibility index (Phi) is 3.61. The molecule has 2 fully saturated rings. The van der Waals surface area contributed by atoms with Crippen LogP contribution >= 0.6 is 0 Å². The molecule has 0 radical (unpaired) electrons. The Labute approximate surface area is 143 Å². The molecule has 0 heterocycles. The van der Waals surface area contributed by atoms with Gasteiger partial charge in [-0.3, -0.25) is 0 Å². The minimum Gasteiger partial charge on any atom is -0.449 e. The van der Waals surface area contributed by atoms with E-state index in [1.165, 1.54) is 32.1 Å². The first kappa shape index (κ1) is 16.2. The van der Waals surface area contributed by atoms with Crippen molar-refractivity contribution in [1.29, 1.82) is 0 Å². The summed E-state index contributed by atoms with van der Waals surface area (Å²) >= 11 is 0. The minimum atomic E-state index is -1.25. The third-order valence-corrected chi connectivity index (χ3v) is 7.76. The summed E-state index contributed by atoms with van der Waals surface area (Å²) in [5.41, 5.74) is 1.53. The molecule has 4 heteroatoms. The van der Waals surface area contributed by atoms with Gasteiger partial charge in [-0.2, -0.15) is 0 Å². The number of carboxylic acid groups (broad SMARTS) is 1. The van der Waals surface area contributed by atoms with Gasteiger partial charge in [0.25, 0.3) is 0 Å². The second kappa shape index (κ2) is 5.35. The fourth-order valence-corrected chi connectivity index (χ4v) is 6.47. The Balaban J connectivity index is 1.70. The van der Waals surface area contributed by atoms with Gasteiger partial charge >= 0.3 is 6.16 Å². The highest BCUT2D eigenvalue weighted by molar-refractivity contribution is 5.59. The van der Waals surface area contributed by atoms with E-state index in [1.54, 1.807) is 0 Å². The quantitative estimate of drug-likeness (QED) is 0.694. The van der Waals surface area contributed by atoms with E-state index >= 15 is 0 Å². The maximum Gasteiger partial charge on any atom is 0.511 e. The zero-order chi connectivity index (χ0) is 17.1. The van der Waals surface area contributed by atoms with E-state index < -0.39 is 12.3 Å². The van der Waals surface area contributed by atoms with E-state index in [-0.39, 0.29) is 5.41 Å². The van der Waals surface area contributed by atoms with Crippen molar-refractivity contribution in [1.82, 2.24) is 0 Å². The highest BCUT2D eigenvalue weighted by atomic mass is 16.7. The van der Waals surface area contributed by atoms with Crippen molar-refractivity contribution in [3.05, 3.63) is 23.5 Å². The predicted octanol–water partition coefficient (Wildman–Crippen LogP) is 4.50. The molecule has 0 aromatic carbocycles. The van der Waals surface area contributed by atoms with Crippen molar-refractivity contribution < 1.29 is 19.7 Å². The average Bonchev–Trinajstić information content (AvgIpc) is 2.90. The van der Waals surface area contributed by atoms with Crippen LogP contribution in [0.3, 0.4) is 0 Å². The van der Waals surface area contributed by atoms with Crippen molar-refractivity contribution in [3.63, 3.8) is 0 Å². The van der Waals surface area contributed by atoms with Crippen molar-refractivity contribution in [2.75, 3.05) is 0 Å². The van der Waals surface area contributed by atoms with E-state index in [2.05, 4.69) is 13.8 Å². The molecule has 0 bridgehead atoms. The van der Waals surface area contributed by atoms with Gasteiger partial charge in [0.15, 0.2) is 0 Å². The third kappa shape index (κ3) is 2.26. The van der Waals surface area contributed by atoms with Crippen LogP contribution in [0.1, 0.15) is 58.8 Å². The molecule has 2 N–H and O–H groups in total. The Morgan fingerprint density at radius 2 is 2.00 bits per heavy atom. The van der Waals surface area contributed by atoms with Gasteiger partial charge in [-0.05, 0) is 72.3 Å². The molecular formula is C20H28O4. The smallest absolute Gasteiger partial charge is 0.449 e. The summed E-state index contributed by atoms with van der Waals surface area (Å²) in [5, 5.41) is 19.8. The first-order valence-electron chi connectivity index (χ1n) is 9.35. The normalized spacial score (nSPS) is 47.0. The fourth-order valence-electron chi connectivity index (χ4n) is 6.47. The largest absolute Gasteiger partial charge is 0.511 e. The summed E-state index contributed by atoms with van der Waals surface area (Å²) in [6.45, 7) is 4.74. The van der Waals surface area contributed by atoms with E-state index in [1.807, 2.05) is 12.2 Å². The van der Waals surface area contributed by atoms with Crippen LogP contribution in [0.5, 0.6) is 0 Å². The minimum absolute atomic E-state index is 0.0409. The van der Waals surface area contributed by atoms with Crippen LogP contribution in [-0.2, 0) is 4.74 Å². The molecule has 24 heavy (non-hydrogen) atoms. The highest BCUT2D eigenvalue weighted by Crippen LogP contribution is 2.64. The van der Waals surface area contributed by atoms with Crippen LogP contribution in [0.2, 0.25) is 0 Å². The zero-order valence-electron chi connectivity index (χ0n) is 14.6. The first-order chi connectivity index (χ1) is 11.3. The molecule has 4 rings (SSSR count). The molecule has 0 aliphatic heterocycles. The number of hydrogen-bond acceptors (Lipinski definition) is 3. The summed E-state index contributed by atoms with van der Waals surface area (Å²) < 4.78 is 4.90. The molecule has 6 atom stereocenters. The molecule has 2 saturated carbocycles. The number of carbonyl (C=O) groups is 1. The predicted molar refractivity (Wildman–Crippen MR) is 90.3 cm³/mol. The first-order valence-corrected chi connectivity index (χ1v) is 9.35. The molecule has 0 saturated heterocycles. The van der Waals surface area contributed by atoms with Gasteiger partial charge in [-0.1, -0.05) is 26.3 Å². The maximum absolute atomic E-state index is 10.9. The Bertz CT molecular complexity index is 621. The van der Waals surface area contributed by atoms with Crippen LogP contribution in [-0.4, -0.2) is 22.5 Å². The molecule has 4 nitrogen and oxygen atoms in total. The lowest BCUT2D eigenvalue weighted by Gasteiger charge is -2.57. The summed E-state index contributed by atoms with van der Waals surface area (Å²) in [5.74, 6) is 1.99. The average molecular weight is 332 g/mol. The zero-order valence-corrected chi connectivity index (χ0v) is 14.6. The second-order valence-corrected chi connectivity index (χ2v) is 8.88. The van der Waals surface area contributed by atoms with Gasteiger partial charge < -0.3 is 14.9 Å². The second-order valence-electron chi connectivity index (χ2n) is 8.88. The Morgan fingerprint density at radius 1 is 1.21 bits per heavy atom. The monoisotopic (exact) mass is 332 g/mol.